The number of fused-ring (bicyclic) bond motifs is 1. The monoisotopic (exact) mass is 366 g/mol. The van der Waals surface area contributed by atoms with Gasteiger partial charge in [-0.25, -0.2) is 4.58 Å². The molecule has 0 saturated heterocycles. The summed E-state index contributed by atoms with van der Waals surface area (Å²) in [5.41, 5.74) is 7.00. The summed E-state index contributed by atoms with van der Waals surface area (Å²) in [5, 5.41) is 0. The highest BCUT2D eigenvalue weighted by Gasteiger charge is 2.18. The molecule has 0 saturated carbocycles. The van der Waals surface area contributed by atoms with Gasteiger partial charge in [-0.15, -0.1) is 0 Å². The Morgan fingerprint density at radius 2 is 1.54 bits per heavy atom. The Morgan fingerprint density at radius 1 is 0.857 bits per heavy atom. The van der Waals surface area contributed by atoms with Crippen molar-refractivity contribution in [2.45, 2.75) is 6.92 Å². The van der Waals surface area contributed by atoms with Crippen molar-refractivity contribution < 1.29 is 9.31 Å². The first-order valence-corrected chi connectivity index (χ1v) is 9.49. The Hall–Kier alpha value is -3.39. The first-order valence-electron chi connectivity index (χ1n) is 9.49. The average Bonchev–Trinajstić information content (AvgIpc) is 2.74. The summed E-state index contributed by atoms with van der Waals surface area (Å²) in [6, 6.07) is 18.5. The van der Waals surface area contributed by atoms with E-state index in [9.17, 15) is 0 Å². The summed E-state index contributed by atoms with van der Waals surface area (Å²) in [4.78, 5) is 0. The summed E-state index contributed by atoms with van der Waals surface area (Å²) in [7, 11) is 4.11. The third-order valence-corrected chi connectivity index (χ3v) is 4.95. The maximum Gasteiger partial charge on any atom is 0.199 e. The predicted molar refractivity (Wildman–Crippen MR) is 118 cm³/mol. The summed E-state index contributed by atoms with van der Waals surface area (Å²) in [5.74, 6) is 1.78. The van der Waals surface area contributed by atoms with Crippen LogP contribution in [0.4, 0.5) is 0 Å². The first-order chi connectivity index (χ1) is 13.6. The predicted octanol–water partition coefficient (Wildman–Crippen LogP) is 5.66. The van der Waals surface area contributed by atoms with E-state index in [2.05, 4.69) is 86.3 Å². The molecule has 2 heteroatoms. The van der Waals surface area contributed by atoms with Crippen LogP contribution >= 0.6 is 0 Å². The van der Waals surface area contributed by atoms with Crippen LogP contribution < -0.4 is 4.74 Å². The van der Waals surface area contributed by atoms with E-state index in [1.165, 1.54) is 22.4 Å². The smallest absolute Gasteiger partial charge is 0.199 e. The number of hydrogen-bond donors (Lipinski definition) is 0. The molecule has 2 nitrogen and oxygen atoms in total. The minimum atomic E-state index is 0.880. The van der Waals surface area contributed by atoms with Crippen LogP contribution in [0.1, 0.15) is 18.1 Å². The van der Waals surface area contributed by atoms with E-state index in [0.29, 0.717) is 0 Å². The Morgan fingerprint density at radius 3 is 2.25 bits per heavy atom. The molecule has 0 unspecified atom stereocenters. The van der Waals surface area contributed by atoms with Gasteiger partial charge >= 0.3 is 0 Å². The van der Waals surface area contributed by atoms with Crippen LogP contribution in [-0.4, -0.2) is 24.4 Å². The quantitative estimate of drug-likeness (QED) is 0.625. The van der Waals surface area contributed by atoms with Crippen molar-refractivity contribution in [3.8, 4) is 5.75 Å². The fraction of sp³-hybridized carbons (Fsp3) is 0.115. The molecule has 4 rings (SSSR count). The van der Waals surface area contributed by atoms with Gasteiger partial charge in [-0.1, -0.05) is 54.6 Å². The van der Waals surface area contributed by atoms with Crippen molar-refractivity contribution in [3.05, 3.63) is 113 Å². The Labute approximate surface area is 166 Å². The second-order valence-corrected chi connectivity index (χ2v) is 7.20. The number of rotatable bonds is 2. The molecule has 2 aliphatic rings. The van der Waals surface area contributed by atoms with Gasteiger partial charge in [0.1, 0.15) is 25.6 Å². The Balaban J connectivity index is 1.79. The maximum absolute atomic E-state index is 6.20. The number of allylic oxidation sites excluding steroid dienone is 9. The van der Waals surface area contributed by atoms with Crippen molar-refractivity contribution in [2.75, 3.05) is 14.1 Å². The van der Waals surface area contributed by atoms with Crippen molar-refractivity contribution in [2.24, 2.45) is 0 Å². The zero-order chi connectivity index (χ0) is 19.5. The third-order valence-electron chi connectivity index (χ3n) is 4.95. The second-order valence-electron chi connectivity index (χ2n) is 7.20. The van der Waals surface area contributed by atoms with Gasteiger partial charge in [0, 0.05) is 23.3 Å². The minimum Gasteiger partial charge on any atom is -0.456 e. The third kappa shape index (κ3) is 3.67. The molecule has 0 N–H and O–H groups in total. The van der Waals surface area contributed by atoms with Crippen LogP contribution in [0.15, 0.2) is 102 Å². The fourth-order valence-electron chi connectivity index (χ4n) is 3.40. The van der Waals surface area contributed by atoms with Gasteiger partial charge in [0.25, 0.3) is 0 Å². The normalized spacial score (nSPS) is 16.9. The molecule has 1 aliphatic heterocycles. The largest absolute Gasteiger partial charge is 0.456 e. The van der Waals surface area contributed by atoms with E-state index >= 15 is 0 Å². The summed E-state index contributed by atoms with van der Waals surface area (Å²) in [6.45, 7) is 2.16. The molecule has 28 heavy (non-hydrogen) atoms. The molecule has 0 aromatic heterocycles. The SMILES string of the molecule is C/C(C=C1C=CC(=[N+](C)C)C=C1)=C1/C=C(c2ccccc2)Oc2ccccc21. The molecule has 1 heterocycles. The standard InChI is InChI=1S/C26H24NO/c1-19(17-20-13-15-22(16-14-20)27(2)3)24-18-26(21-9-5-4-6-10-21)28-25-12-8-7-11-23(24)25/h4-18H,1-3H3/q+1/b24-19+. The van der Waals surface area contributed by atoms with Gasteiger partial charge in [-0.3, -0.25) is 0 Å². The van der Waals surface area contributed by atoms with Crippen LogP contribution in [0.5, 0.6) is 5.75 Å². The second kappa shape index (κ2) is 7.69. The highest BCUT2D eigenvalue weighted by molar-refractivity contribution is 6.02. The van der Waals surface area contributed by atoms with Gasteiger partial charge in [0.2, 0.25) is 0 Å². The van der Waals surface area contributed by atoms with E-state index in [4.69, 9.17) is 4.74 Å². The lowest BCUT2D eigenvalue weighted by Crippen LogP contribution is -2.09. The number of ether oxygens (including phenoxy) is 1. The molecule has 138 valence electrons. The molecule has 2 aromatic carbocycles. The Kier molecular flexibility index (Phi) is 4.94. The van der Waals surface area contributed by atoms with E-state index < -0.39 is 0 Å². The van der Waals surface area contributed by atoms with E-state index in [1.807, 2.05) is 30.3 Å². The lowest BCUT2D eigenvalue weighted by Gasteiger charge is -2.21. The van der Waals surface area contributed by atoms with E-state index in [-0.39, 0.29) is 0 Å². The van der Waals surface area contributed by atoms with Gasteiger partial charge < -0.3 is 4.74 Å². The number of benzene rings is 2. The maximum atomic E-state index is 6.20. The molecule has 0 spiro atoms. The van der Waals surface area contributed by atoms with Crippen LogP contribution in [0.3, 0.4) is 0 Å². The summed E-state index contributed by atoms with van der Waals surface area (Å²) >= 11 is 0. The fourth-order valence-corrected chi connectivity index (χ4v) is 3.40. The van der Waals surface area contributed by atoms with Gasteiger partial charge in [0.05, 0.1) is 0 Å². The van der Waals surface area contributed by atoms with Crippen LogP contribution in [0.2, 0.25) is 0 Å². The lowest BCUT2D eigenvalue weighted by atomic mass is 9.94. The van der Waals surface area contributed by atoms with Crippen LogP contribution in [-0.2, 0) is 0 Å². The van der Waals surface area contributed by atoms with Crippen molar-refractivity contribution >= 4 is 17.0 Å². The molecular formula is C26H24NO+. The number of hydrogen-bond acceptors (Lipinski definition) is 1. The summed E-state index contributed by atoms with van der Waals surface area (Å²) in [6.07, 6.45) is 13.0. The van der Waals surface area contributed by atoms with Crippen LogP contribution in [0.25, 0.3) is 11.3 Å². The topological polar surface area (TPSA) is 12.2 Å². The number of para-hydroxylation sites is 1. The highest BCUT2D eigenvalue weighted by atomic mass is 16.5. The van der Waals surface area contributed by atoms with Crippen molar-refractivity contribution in [1.29, 1.82) is 0 Å². The lowest BCUT2D eigenvalue weighted by molar-refractivity contribution is -0.462. The first kappa shape index (κ1) is 18.0. The molecule has 0 atom stereocenters. The molecule has 1 aliphatic carbocycles. The van der Waals surface area contributed by atoms with Gasteiger partial charge in [-0.05, 0) is 47.9 Å². The minimum absolute atomic E-state index is 0.880. The van der Waals surface area contributed by atoms with E-state index in [1.54, 1.807) is 0 Å². The highest BCUT2D eigenvalue weighted by Crippen LogP contribution is 2.38. The molecule has 0 fully saturated rings. The molecule has 0 radical (unpaired) electrons. The van der Waals surface area contributed by atoms with E-state index in [0.717, 1.165) is 22.6 Å². The zero-order valence-corrected chi connectivity index (χ0v) is 16.5. The molecule has 2 aromatic rings. The average molecular weight is 366 g/mol. The zero-order valence-electron chi connectivity index (χ0n) is 16.5. The Bertz CT molecular complexity index is 1070. The van der Waals surface area contributed by atoms with Crippen LogP contribution in [0, 0.1) is 0 Å². The van der Waals surface area contributed by atoms with Crippen molar-refractivity contribution in [1.82, 2.24) is 0 Å². The summed E-state index contributed by atoms with van der Waals surface area (Å²) < 4.78 is 8.31. The molecule has 0 amide bonds. The number of nitrogens with zero attached hydrogens (tertiary/aromatic N) is 1. The van der Waals surface area contributed by atoms with Gasteiger partial charge in [0.15, 0.2) is 5.71 Å². The van der Waals surface area contributed by atoms with Crippen molar-refractivity contribution in [3.63, 3.8) is 0 Å². The molecular weight excluding hydrogens is 342 g/mol. The van der Waals surface area contributed by atoms with Gasteiger partial charge in [-0.2, -0.15) is 0 Å². The molecule has 0 bridgehead atoms.